The van der Waals surface area contributed by atoms with Crippen LogP contribution in [0.2, 0.25) is 13.1 Å². The monoisotopic (exact) mass is 338 g/mol. The molecule has 25 heavy (non-hydrogen) atoms. The average Bonchev–Trinajstić information content (AvgIpc) is 2.89. The quantitative estimate of drug-likeness (QED) is 0.531. The summed E-state index contributed by atoms with van der Waals surface area (Å²) in [5, 5.41) is 3.09. The molecule has 4 rings (SSSR count). The van der Waals surface area contributed by atoms with Gasteiger partial charge in [0.1, 0.15) is 8.07 Å². The second kappa shape index (κ2) is 6.34. The molecule has 0 spiro atoms. The fraction of sp³-hybridized carbons (Fsp3) is 0.0833. The van der Waals surface area contributed by atoms with Gasteiger partial charge in [0.15, 0.2) is 0 Å². The van der Waals surface area contributed by atoms with Crippen molar-refractivity contribution in [2.45, 2.75) is 13.1 Å². The fourth-order valence-electron chi connectivity index (χ4n) is 3.91. The number of hydrogen-bond donors (Lipinski definition) is 0. The molecule has 0 unspecified atom stereocenters. The van der Waals surface area contributed by atoms with Gasteiger partial charge in [0.2, 0.25) is 0 Å². The Bertz CT molecular complexity index is 948. The number of allylic oxidation sites excluding steroid dienone is 2. The van der Waals surface area contributed by atoms with E-state index in [0.717, 1.165) is 0 Å². The Labute approximate surface area is 151 Å². The molecule has 0 aliphatic carbocycles. The van der Waals surface area contributed by atoms with E-state index in [2.05, 4.69) is 110 Å². The molecule has 0 aromatic heterocycles. The van der Waals surface area contributed by atoms with Crippen LogP contribution >= 0.6 is 0 Å². The zero-order valence-electron chi connectivity index (χ0n) is 14.7. The summed E-state index contributed by atoms with van der Waals surface area (Å²) in [6.07, 6.45) is 4.56. The first-order valence-corrected chi connectivity index (χ1v) is 11.8. The molecule has 0 amide bonds. The van der Waals surface area contributed by atoms with Crippen LogP contribution in [0.1, 0.15) is 16.7 Å². The molecular formula is C24H22Si. The third kappa shape index (κ3) is 2.81. The Balaban J connectivity index is 1.92. The van der Waals surface area contributed by atoms with E-state index in [9.17, 15) is 0 Å². The molecule has 3 aromatic rings. The number of fused-ring (bicyclic) bond motifs is 1. The molecule has 1 aliphatic heterocycles. The van der Waals surface area contributed by atoms with Crippen LogP contribution in [-0.4, -0.2) is 8.07 Å². The highest BCUT2D eigenvalue weighted by atomic mass is 28.3. The van der Waals surface area contributed by atoms with Crippen molar-refractivity contribution in [2.75, 3.05) is 0 Å². The summed E-state index contributed by atoms with van der Waals surface area (Å²) in [5.41, 5.74) is 5.40. The van der Waals surface area contributed by atoms with Gasteiger partial charge in [0, 0.05) is 0 Å². The molecule has 0 atom stereocenters. The number of rotatable bonds is 3. The molecule has 0 saturated carbocycles. The van der Waals surface area contributed by atoms with Crippen LogP contribution in [0.25, 0.3) is 16.8 Å². The van der Waals surface area contributed by atoms with E-state index in [-0.39, 0.29) is 0 Å². The van der Waals surface area contributed by atoms with E-state index in [4.69, 9.17) is 0 Å². The first-order chi connectivity index (χ1) is 12.2. The van der Waals surface area contributed by atoms with Crippen molar-refractivity contribution in [3.63, 3.8) is 0 Å². The molecule has 0 bridgehead atoms. The Morgan fingerprint density at radius 2 is 1.24 bits per heavy atom. The van der Waals surface area contributed by atoms with Crippen molar-refractivity contribution in [3.8, 4) is 0 Å². The van der Waals surface area contributed by atoms with Crippen molar-refractivity contribution in [1.29, 1.82) is 0 Å². The van der Waals surface area contributed by atoms with Crippen molar-refractivity contribution in [2.24, 2.45) is 0 Å². The maximum absolute atomic E-state index is 2.47. The molecule has 1 aliphatic rings. The standard InChI is InChI=1S/C24H22Si/c1-25(2)23-16-10-9-15-21(23)22(18-17-19-11-5-3-6-12-19)24(25)20-13-7-4-8-14-20/h3-18H,1-2H3/b18-17+. The molecule has 0 nitrogen and oxygen atoms in total. The molecule has 0 radical (unpaired) electrons. The maximum Gasteiger partial charge on any atom is 0.114 e. The summed E-state index contributed by atoms with van der Waals surface area (Å²) in [4.78, 5) is 0. The van der Waals surface area contributed by atoms with Crippen LogP contribution in [0.15, 0.2) is 91.0 Å². The second-order valence-corrected chi connectivity index (χ2v) is 11.4. The van der Waals surface area contributed by atoms with Crippen LogP contribution in [0.5, 0.6) is 0 Å². The summed E-state index contributed by atoms with van der Waals surface area (Å²) in [6.45, 7) is 4.94. The topological polar surface area (TPSA) is 0 Å². The van der Waals surface area contributed by atoms with Gasteiger partial charge in [0.25, 0.3) is 0 Å². The van der Waals surface area contributed by atoms with Crippen molar-refractivity contribution in [3.05, 3.63) is 108 Å². The van der Waals surface area contributed by atoms with Gasteiger partial charge in [-0.15, -0.1) is 0 Å². The number of hydrogen-bond acceptors (Lipinski definition) is 0. The summed E-state index contributed by atoms with van der Waals surface area (Å²) in [7, 11) is -1.70. The average molecular weight is 339 g/mol. The summed E-state index contributed by atoms with van der Waals surface area (Å²) in [6, 6.07) is 30.4. The van der Waals surface area contributed by atoms with E-state index >= 15 is 0 Å². The van der Waals surface area contributed by atoms with Gasteiger partial charge in [-0.25, -0.2) is 0 Å². The molecule has 122 valence electrons. The Kier molecular flexibility index (Phi) is 4.02. The van der Waals surface area contributed by atoms with Crippen LogP contribution in [0.4, 0.5) is 0 Å². The summed E-state index contributed by atoms with van der Waals surface area (Å²) in [5.74, 6) is 0. The van der Waals surface area contributed by atoms with E-state index in [1.807, 2.05) is 0 Å². The van der Waals surface area contributed by atoms with E-state index < -0.39 is 8.07 Å². The van der Waals surface area contributed by atoms with Gasteiger partial charge in [-0.05, 0) is 32.6 Å². The van der Waals surface area contributed by atoms with Crippen LogP contribution in [0.3, 0.4) is 0 Å². The molecule has 1 heterocycles. The SMILES string of the molecule is C[Si]1(C)C(c2ccccc2)=C(/C=C/c2ccccc2)c2ccccc21. The van der Waals surface area contributed by atoms with Gasteiger partial charge in [-0.1, -0.05) is 110 Å². The minimum absolute atomic E-state index is 1.24. The third-order valence-corrected chi connectivity index (χ3v) is 8.68. The third-order valence-electron chi connectivity index (χ3n) is 5.09. The maximum atomic E-state index is 2.47. The lowest BCUT2D eigenvalue weighted by Crippen LogP contribution is -2.40. The summed E-state index contributed by atoms with van der Waals surface area (Å²) >= 11 is 0. The lowest BCUT2D eigenvalue weighted by Gasteiger charge is -2.22. The molecule has 3 aromatic carbocycles. The molecule has 1 heteroatoms. The van der Waals surface area contributed by atoms with Gasteiger partial charge in [-0.2, -0.15) is 0 Å². The highest BCUT2D eigenvalue weighted by molar-refractivity contribution is 7.07. The zero-order valence-corrected chi connectivity index (χ0v) is 15.7. The normalized spacial score (nSPS) is 15.6. The Morgan fingerprint density at radius 3 is 1.96 bits per heavy atom. The van der Waals surface area contributed by atoms with Gasteiger partial charge < -0.3 is 0 Å². The van der Waals surface area contributed by atoms with E-state index in [0.29, 0.717) is 0 Å². The van der Waals surface area contributed by atoms with Crippen molar-refractivity contribution >= 4 is 30.1 Å². The van der Waals surface area contributed by atoms with Crippen LogP contribution < -0.4 is 5.19 Å². The van der Waals surface area contributed by atoms with Crippen molar-refractivity contribution < 1.29 is 0 Å². The summed E-state index contributed by atoms with van der Waals surface area (Å²) < 4.78 is 0. The number of benzene rings is 3. The molecular weight excluding hydrogens is 316 g/mol. The molecule has 0 saturated heterocycles. The predicted molar refractivity (Wildman–Crippen MR) is 112 cm³/mol. The molecule has 0 fully saturated rings. The highest BCUT2D eigenvalue weighted by Gasteiger charge is 2.39. The van der Waals surface area contributed by atoms with E-state index in [1.165, 1.54) is 22.3 Å². The van der Waals surface area contributed by atoms with Gasteiger partial charge in [-0.3, -0.25) is 0 Å². The first-order valence-electron chi connectivity index (χ1n) is 8.81. The smallest absolute Gasteiger partial charge is 0.0623 e. The predicted octanol–water partition coefficient (Wildman–Crippen LogP) is 5.78. The second-order valence-electron chi connectivity index (χ2n) is 7.07. The van der Waals surface area contributed by atoms with Crippen LogP contribution in [0, 0.1) is 0 Å². The minimum atomic E-state index is -1.70. The van der Waals surface area contributed by atoms with Crippen molar-refractivity contribution in [1.82, 2.24) is 0 Å². The lowest BCUT2D eigenvalue weighted by molar-refractivity contribution is 1.63. The lowest BCUT2D eigenvalue weighted by atomic mass is 10.0. The van der Waals surface area contributed by atoms with Gasteiger partial charge in [0.05, 0.1) is 0 Å². The van der Waals surface area contributed by atoms with Crippen LogP contribution in [-0.2, 0) is 0 Å². The highest BCUT2D eigenvalue weighted by Crippen LogP contribution is 2.40. The van der Waals surface area contributed by atoms with Gasteiger partial charge >= 0.3 is 0 Å². The Hall–Kier alpha value is -2.64. The first kappa shape index (κ1) is 15.9. The largest absolute Gasteiger partial charge is 0.114 e. The minimum Gasteiger partial charge on any atom is -0.0623 e. The van der Waals surface area contributed by atoms with E-state index in [1.54, 1.807) is 10.4 Å². The zero-order chi connectivity index (χ0) is 17.3. The molecule has 0 N–H and O–H groups in total. The fourth-order valence-corrected chi connectivity index (χ4v) is 7.36. The Morgan fingerprint density at radius 1 is 0.640 bits per heavy atom.